The minimum atomic E-state index is -1.15. The smallest absolute Gasteiger partial charge is 0.335 e. The minimum absolute atomic E-state index is 0.0186. The molecule has 0 radical (unpaired) electrons. The Hall–Kier alpha value is -4.33. The number of hydrogen-bond acceptors (Lipinski definition) is 5. The first kappa shape index (κ1) is 21.4. The number of aromatic carboxylic acids is 3. The van der Waals surface area contributed by atoms with Gasteiger partial charge >= 0.3 is 17.9 Å². The van der Waals surface area contributed by atoms with E-state index < -0.39 is 17.9 Å². The number of benzene rings is 3. The second-order valence-corrected chi connectivity index (χ2v) is 6.58. The molecule has 0 bridgehead atoms. The molecule has 0 aliphatic carbocycles. The van der Waals surface area contributed by atoms with Gasteiger partial charge in [-0.25, -0.2) is 14.4 Å². The van der Waals surface area contributed by atoms with E-state index in [1.807, 2.05) is 0 Å². The predicted molar refractivity (Wildman–Crippen MR) is 109 cm³/mol. The maximum absolute atomic E-state index is 11.4. The van der Waals surface area contributed by atoms with Crippen molar-refractivity contribution in [2.45, 2.75) is 13.2 Å². The minimum Gasteiger partial charge on any atom is -0.489 e. The molecule has 0 unspecified atom stereocenters. The first-order chi connectivity index (χ1) is 14.8. The number of carboxylic acids is 3. The van der Waals surface area contributed by atoms with Gasteiger partial charge in [-0.15, -0.1) is 0 Å². The van der Waals surface area contributed by atoms with Gasteiger partial charge in [0, 0.05) is 6.07 Å². The molecule has 8 heteroatoms. The summed E-state index contributed by atoms with van der Waals surface area (Å²) < 4.78 is 11.3. The number of ether oxygens (including phenoxy) is 2. The van der Waals surface area contributed by atoms with E-state index in [9.17, 15) is 19.5 Å². The summed E-state index contributed by atoms with van der Waals surface area (Å²) in [5.41, 5.74) is 1.72. The Kier molecular flexibility index (Phi) is 6.51. The molecule has 0 amide bonds. The Labute approximate surface area is 176 Å². The summed E-state index contributed by atoms with van der Waals surface area (Å²) in [6, 6.07) is 16.6. The summed E-state index contributed by atoms with van der Waals surface area (Å²) in [6.07, 6.45) is 0. The van der Waals surface area contributed by atoms with Gasteiger partial charge in [0.2, 0.25) is 0 Å². The Morgan fingerprint density at radius 2 is 0.903 bits per heavy atom. The molecule has 3 aromatic carbocycles. The fraction of sp³-hybridized carbons (Fsp3) is 0.0870. The summed E-state index contributed by atoms with van der Waals surface area (Å²) >= 11 is 0. The lowest BCUT2D eigenvalue weighted by Crippen LogP contribution is -2.03. The lowest BCUT2D eigenvalue weighted by Gasteiger charge is -2.12. The van der Waals surface area contributed by atoms with E-state index in [1.54, 1.807) is 30.3 Å². The number of hydrogen-bond donors (Lipinski definition) is 3. The van der Waals surface area contributed by atoms with Crippen molar-refractivity contribution in [1.29, 1.82) is 0 Å². The van der Waals surface area contributed by atoms with Crippen LogP contribution in [-0.2, 0) is 13.2 Å². The standard InChI is InChI=1S/C23H18O8/c24-21(25)16-5-1-14(2-6-16)12-30-19-9-18(23(28)29)10-20(11-19)31-13-15-3-7-17(8-4-15)22(26)27/h1-11H,12-13H2,(H,24,25)(H,26,27)(H,28,29). The van der Waals surface area contributed by atoms with Crippen molar-refractivity contribution < 1.29 is 39.2 Å². The molecule has 3 aromatic rings. The van der Waals surface area contributed by atoms with E-state index in [0.717, 1.165) is 0 Å². The normalized spacial score (nSPS) is 10.3. The third kappa shape index (κ3) is 5.83. The van der Waals surface area contributed by atoms with Crippen LogP contribution in [0.1, 0.15) is 42.2 Å². The van der Waals surface area contributed by atoms with E-state index in [4.69, 9.17) is 19.7 Å². The van der Waals surface area contributed by atoms with E-state index >= 15 is 0 Å². The van der Waals surface area contributed by atoms with Crippen LogP contribution in [-0.4, -0.2) is 33.2 Å². The first-order valence-corrected chi connectivity index (χ1v) is 9.10. The van der Waals surface area contributed by atoms with Crippen molar-refractivity contribution >= 4 is 17.9 Å². The van der Waals surface area contributed by atoms with Gasteiger partial charge < -0.3 is 24.8 Å². The van der Waals surface area contributed by atoms with Crippen LogP contribution in [0.15, 0.2) is 66.7 Å². The second-order valence-electron chi connectivity index (χ2n) is 6.58. The van der Waals surface area contributed by atoms with Crippen LogP contribution >= 0.6 is 0 Å². The van der Waals surface area contributed by atoms with Gasteiger partial charge in [-0.3, -0.25) is 0 Å². The van der Waals surface area contributed by atoms with Crippen molar-refractivity contribution in [3.8, 4) is 11.5 Å². The maximum atomic E-state index is 11.4. The van der Waals surface area contributed by atoms with Crippen molar-refractivity contribution in [2.24, 2.45) is 0 Å². The number of carbonyl (C=O) groups is 3. The monoisotopic (exact) mass is 422 g/mol. The SMILES string of the molecule is O=C(O)c1ccc(COc2cc(OCc3ccc(C(=O)O)cc3)cc(C(=O)O)c2)cc1. The van der Waals surface area contributed by atoms with Crippen LogP contribution in [0.2, 0.25) is 0 Å². The summed E-state index contributed by atoms with van der Waals surface area (Å²) in [4.78, 5) is 33.3. The third-order valence-corrected chi connectivity index (χ3v) is 4.34. The van der Waals surface area contributed by atoms with Crippen LogP contribution in [0.25, 0.3) is 0 Å². The molecule has 0 fully saturated rings. The predicted octanol–water partition coefficient (Wildman–Crippen LogP) is 3.94. The topological polar surface area (TPSA) is 130 Å². The van der Waals surface area contributed by atoms with Crippen molar-refractivity contribution in [3.05, 3.63) is 94.5 Å². The van der Waals surface area contributed by atoms with E-state index in [1.165, 1.54) is 36.4 Å². The van der Waals surface area contributed by atoms with Gasteiger partial charge in [-0.05, 0) is 47.5 Å². The molecule has 0 aliphatic rings. The maximum Gasteiger partial charge on any atom is 0.335 e. The van der Waals surface area contributed by atoms with E-state index in [-0.39, 0.29) is 41.4 Å². The molecule has 0 saturated carbocycles. The molecule has 0 heterocycles. The van der Waals surface area contributed by atoms with Gasteiger partial charge in [0.25, 0.3) is 0 Å². The van der Waals surface area contributed by atoms with Gasteiger partial charge in [0.1, 0.15) is 24.7 Å². The summed E-state index contributed by atoms with van der Waals surface area (Å²) in [5.74, 6) is -2.65. The highest BCUT2D eigenvalue weighted by molar-refractivity contribution is 5.89. The fourth-order valence-electron chi connectivity index (χ4n) is 2.68. The number of carboxylic acid groups (broad SMARTS) is 3. The quantitative estimate of drug-likeness (QED) is 0.473. The average Bonchev–Trinajstić information content (AvgIpc) is 2.76. The molecule has 0 atom stereocenters. The van der Waals surface area contributed by atoms with Crippen LogP contribution in [0.3, 0.4) is 0 Å². The van der Waals surface area contributed by atoms with Crippen LogP contribution < -0.4 is 9.47 Å². The number of rotatable bonds is 9. The second kappa shape index (κ2) is 9.45. The fourth-order valence-corrected chi connectivity index (χ4v) is 2.68. The molecule has 31 heavy (non-hydrogen) atoms. The summed E-state index contributed by atoms with van der Waals surface area (Å²) in [5, 5.41) is 27.2. The molecule has 158 valence electrons. The third-order valence-electron chi connectivity index (χ3n) is 4.34. The Morgan fingerprint density at radius 3 is 1.23 bits per heavy atom. The highest BCUT2D eigenvalue weighted by atomic mass is 16.5. The molecule has 0 spiro atoms. The van der Waals surface area contributed by atoms with E-state index in [2.05, 4.69) is 0 Å². The van der Waals surface area contributed by atoms with Crippen LogP contribution in [0.5, 0.6) is 11.5 Å². The first-order valence-electron chi connectivity index (χ1n) is 9.10. The molecule has 0 saturated heterocycles. The van der Waals surface area contributed by atoms with Gasteiger partial charge in [0.15, 0.2) is 0 Å². The highest BCUT2D eigenvalue weighted by Gasteiger charge is 2.10. The van der Waals surface area contributed by atoms with Gasteiger partial charge in [-0.1, -0.05) is 24.3 Å². The molecular weight excluding hydrogens is 404 g/mol. The molecule has 3 rings (SSSR count). The molecule has 3 N–H and O–H groups in total. The molecule has 0 aliphatic heterocycles. The van der Waals surface area contributed by atoms with Crippen LogP contribution in [0.4, 0.5) is 0 Å². The average molecular weight is 422 g/mol. The van der Waals surface area contributed by atoms with E-state index in [0.29, 0.717) is 11.1 Å². The van der Waals surface area contributed by atoms with Crippen molar-refractivity contribution in [1.82, 2.24) is 0 Å². The summed E-state index contributed by atoms with van der Waals surface area (Å²) in [6.45, 7) is 0.220. The molecule has 0 aromatic heterocycles. The van der Waals surface area contributed by atoms with Crippen LogP contribution in [0, 0.1) is 0 Å². The largest absolute Gasteiger partial charge is 0.489 e. The highest BCUT2D eigenvalue weighted by Crippen LogP contribution is 2.25. The Bertz CT molecular complexity index is 1020. The lowest BCUT2D eigenvalue weighted by molar-refractivity contribution is 0.0685. The summed E-state index contributed by atoms with van der Waals surface area (Å²) in [7, 11) is 0. The van der Waals surface area contributed by atoms with Gasteiger partial charge in [0.05, 0.1) is 16.7 Å². The molecular formula is C23H18O8. The molecule has 8 nitrogen and oxygen atoms in total. The lowest BCUT2D eigenvalue weighted by atomic mass is 10.1. The zero-order valence-corrected chi connectivity index (χ0v) is 16.1. The Balaban J connectivity index is 1.70. The zero-order valence-electron chi connectivity index (χ0n) is 16.1. The Morgan fingerprint density at radius 1 is 0.548 bits per heavy atom. The van der Waals surface area contributed by atoms with Crippen molar-refractivity contribution in [2.75, 3.05) is 0 Å². The van der Waals surface area contributed by atoms with Crippen molar-refractivity contribution in [3.63, 3.8) is 0 Å². The zero-order chi connectivity index (χ0) is 22.4. The van der Waals surface area contributed by atoms with Gasteiger partial charge in [-0.2, -0.15) is 0 Å².